The summed E-state index contributed by atoms with van der Waals surface area (Å²) in [6, 6.07) is 16.9. The highest BCUT2D eigenvalue weighted by atomic mass is 16.3. The lowest BCUT2D eigenvalue weighted by molar-refractivity contribution is 0.276. The number of fused-ring (bicyclic) bond motifs is 1. The van der Waals surface area contributed by atoms with Gasteiger partial charge in [0.15, 0.2) is 11.6 Å². The molecule has 0 saturated heterocycles. The van der Waals surface area contributed by atoms with Crippen molar-refractivity contribution in [1.82, 2.24) is 29.7 Å². The topological polar surface area (TPSA) is 116 Å². The summed E-state index contributed by atoms with van der Waals surface area (Å²) in [6.07, 6.45) is 5.21. The number of benzene rings is 1. The van der Waals surface area contributed by atoms with Crippen molar-refractivity contribution in [3.63, 3.8) is 0 Å². The molecule has 0 saturated carbocycles. The standard InChI is InChI=1S/C24H21N7O/c1-15(25)20-6-3-7-21(30-20)16-11-18(24-26-9-4-10-27-24)19-13-28-31(22(19)12-16)23-8-2-5-17(14-32)29-23/h2-13,15,32H,14,25H2,1H3. The van der Waals surface area contributed by atoms with E-state index in [-0.39, 0.29) is 12.6 Å². The Morgan fingerprint density at radius 2 is 1.81 bits per heavy atom. The van der Waals surface area contributed by atoms with Crippen LogP contribution in [-0.4, -0.2) is 34.8 Å². The molecule has 0 spiro atoms. The first-order valence-electron chi connectivity index (χ1n) is 10.2. The van der Waals surface area contributed by atoms with Crippen molar-refractivity contribution in [1.29, 1.82) is 0 Å². The first-order valence-corrected chi connectivity index (χ1v) is 10.2. The summed E-state index contributed by atoms with van der Waals surface area (Å²) in [7, 11) is 0. The summed E-state index contributed by atoms with van der Waals surface area (Å²) in [5.41, 5.74) is 10.8. The van der Waals surface area contributed by atoms with Gasteiger partial charge in [0.05, 0.1) is 35.4 Å². The quantitative estimate of drug-likeness (QED) is 0.445. The normalized spacial score (nSPS) is 12.2. The first-order chi connectivity index (χ1) is 15.6. The minimum Gasteiger partial charge on any atom is -0.390 e. The average Bonchev–Trinajstić information content (AvgIpc) is 3.28. The van der Waals surface area contributed by atoms with Crippen LogP contribution in [0, 0.1) is 0 Å². The van der Waals surface area contributed by atoms with Gasteiger partial charge < -0.3 is 10.8 Å². The lowest BCUT2D eigenvalue weighted by Crippen LogP contribution is -2.07. The van der Waals surface area contributed by atoms with Crippen LogP contribution in [-0.2, 0) is 6.61 Å². The van der Waals surface area contributed by atoms with Gasteiger partial charge in [-0.15, -0.1) is 0 Å². The molecule has 0 aliphatic carbocycles. The zero-order valence-corrected chi connectivity index (χ0v) is 17.4. The number of aliphatic hydroxyl groups is 1. The van der Waals surface area contributed by atoms with E-state index in [0.29, 0.717) is 17.3 Å². The van der Waals surface area contributed by atoms with Crippen LogP contribution in [0.25, 0.3) is 39.4 Å². The smallest absolute Gasteiger partial charge is 0.159 e. The van der Waals surface area contributed by atoms with Gasteiger partial charge in [0.1, 0.15) is 0 Å². The monoisotopic (exact) mass is 423 g/mol. The number of pyridine rings is 2. The van der Waals surface area contributed by atoms with E-state index in [2.05, 4.69) is 20.1 Å². The van der Waals surface area contributed by atoms with E-state index >= 15 is 0 Å². The van der Waals surface area contributed by atoms with Crippen LogP contribution in [0.4, 0.5) is 0 Å². The van der Waals surface area contributed by atoms with Crippen molar-refractivity contribution in [3.8, 4) is 28.5 Å². The van der Waals surface area contributed by atoms with E-state index in [0.717, 1.165) is 33.4 Å². The van der Waals surface area contributed by atoms with Gasteiger partial charge >= 0.3 is 0 Å². The molecule has 5 rings (SSSR count). The Kier molecular flexibility index (Phi) is 5.14. The molecular weight excluding hydrogens is 402 g/mol. The van der Waals surface area contributed by atoms with E-state index in [9.17, 15) is 5.11 Å². The number of hydrogen-bond acceptors (Lipinski definition) is 7. The maximum absolute atomic E-state index is 9.50. The molecule has 8 nitrogen and oxygen atoms in total. The van der Waals surface area contributed by atoms with Gasteiger partial charge in [-0.25, -0.2) is 19.6 Å². The van der Waals surface area contributed by atoms with Crippen LogP contribution < -0.4 is 5.73 Å². The second kappa shape index (κ2) is 8.26. The van der Waals surface area contributed by atoms with Crippen LogP contribution in [0.15, 0.2) is 73.2 Å². The van der Waals surface area contributed by atoms with Crippen LogP contribution in [0.1, 0.15) is 24.4 Å². The lowest BCUT2D eigenvalue weighted by Gasteiger charge is -2.11. The highest BCUT2D eigenvalue weighted by Gasteiger charge is 2.16. The fourth-order valence-corrected chi connectivity index (χ4v) is 3.62. The minimum atomic E-state index is -0.174. The molecule has 0 radical (unpaired) electrons. The third-order valence-corrected chi connectivity index (χ3v) is 5.20. The maximum Gasteiger partial charge on any atom is 0.159 e. The second-order valence-corrected chi connectivity index (χ2v) is 7.47. The molecule has 4 heterocycles. The third-order valence-electron chi connectivity index (χ3n) is 5.20. The largest absolute Gasteiger partial charge is 0.390 e. The number of rotatable bonds is 5. The average molecular weight is 423 g/mol. The van der Waals surface area contributed by atoms with Gasteiger partial charge in [-0.3, -0.25) is 4.98 Å². The SMILES string of the molecule is CC(N)c1cccc(-c2cc(-c3ncccn3)c3cnn(-c4cccc(CO)n4)c3c2)n1. The maximum atomic E-state index is 9.50. The summed E-state index contributed by atoms with van der Waals surface area (Å²) in [4.78, 5) is 18.2. The van der Waals surface area contributed by atoms with Crippen molar-refractivity contribution >= 4 is 10.9 Å². The summed E-state index contributed by atoms with van der Waals surface area (Å²) in [6.45, 7) is 1.77. The second-order valence-electron chi connectivity index (χ2n) is 7.47. The molecule has 1 aromatic carbocycles. The van der Waals surface area contributed by atoms with E-state index in [1.54, 1.807) is 35.4 Å². The molecule has 0 fully saturated rings. The number of aromatic nitrogens is 6. The van der Waals surface area contributed by atoms with Crippen LogP contribution in [0.5, 0.6) is 0 Å². The van der Waals surface area contributed by atoms with Crippen molar-refractivity contribution < 1.29 is 5.11 Å². The molecule has 0 amide bonds. The van der Waals surface area contributed by atoms with Crippen molar-refractivity contribution in [2.75, 3.05) is 0 Å². The van der Waals surface area contributed by atoms with E-state index in [1.165, 1.54) is 0 Å². The molecule has 4 aromatic heterocycles. The Labute approximate surface area is 184 Å². The number of nitrogens with zero attached hydrogens (tertiary/aromatic N) is 6. The molecule has 3 N–H and O–H groups in total. The zero-order valence-electron chi connectivity index (χ0n) is 17.4. The molecule has 0 aliphatic rings. The molecule has 1 atom stereocenters. The Morgan fingerprint density at radius 3 is 2.59 bits per heavy atom. The number of aliphatic hydroxyl groups excluding tert-OH is 1. The molecule has 1 unspecified atom stereocenters. The third kappa shape index (κ3) is 3.62. The summed E-state index contributed by atoms with van der Waals surface area (Å²) in [5.74, 6) is 1.21. The van der Waals surface area contributed by atoms with Crippen LogP contribution in [0.2, 0.25) is 0 Å². The van der Waals surface area contributed by atoms with E-state index in [4.69, 9.17) is 10.7 Å². The Balaban J connectivity index is 1.77. The van der Waals surface area contributed by atoms with Gasteiger partial charge in [-0.05, 0) is 49.4 Å². The van der Waals surface area contributed by atoms with Gasteiger partial charge in [0.2, 0.25) is 0 Å². The van der Waals surface area contributed by atoms with Gasteiger partial charge in [0.25, 0.3) is 0 Å². The first kappa shape index (κ1) is 19.9. The van der Waals surface area contributed by atoms with Gasteiger partial charge in [-0.1, -0.05) is 12.1 Å². The van der Waals surface area contributed by atoms with E-state index < -0.39 is 0 Å². The molecule has 0 aliphatic heterocycles. The summed E-state index contributed by atoms with van der Waals surface area (Å²) >= 11 is 0. The number of nitrogens with two attached hydrogens (primary N) is 1. The van der Waals surface area contributed by atoms with Crippen molar-refractivity contribution in [2.45, 2.75) is 19.6 Å². The van der Waals surface area contributed by atoms with Crippen LogP contribution in [0.3, 0.4) is 0 Å². The molecule has 0 bridgehead atoms. The van der Waals surface area contributed by atoms with Crippen molar-refractivity contribution in [2.24, 2.45) is 5.73 Å². The van der Waals surface area contributed by atoms with E-state index in [1.807, 2.05) is 49.4 Å². The lowest BCUT2D eigenvalue weighted by atomic mass is 10.0. The summed E-state index contributed by atoms with van der Waals surface area (Å²) in [5, 5.41) is 15.0. The summed E-state index contributed by atoms with van der Waals surface area (Å²) < 4.78 is 1.75. The molecule has 32 heavy (non-hydrogen) atoms. The zero-order chi connectivity index (χ0) is 22.1. The fraction of sp³-hybridized carbons (Fsp3) is 0.125. The minimum absolute atomic E-state index is 0.143. The van der Waals surface area contributed by atoms with Crippen molar-refractivity contribution in [3.05, 3.63) is 84.6 Å². The molecule has 158 valence electrons. The molecular formula is C24H21N7O. The Bertz CT molecular complexity index is 1400. The molecule has 8 heteroatoms. The van der Waals surface area contributed by atoms with Gasteiger partial charge in [-0.2, -0.15) is 5.10 Å². The van der Waals surface area contributed by atoms with Crippen LogP contribution >= 0.6 is 0 Å². The fourth-order valence-electron chi connectivity index (χ4n) is 3.62. The Morgan fingerprint density at radius 1 is 1.00 bits per heavy atom. The molecule has 5 aromatic rings. The predicted molar refractivity (Wildman–Crippen MR) is 122 cm³/mol. The highest BCUT2D eigenvalue weighted by molar-refractivity contribution is 5.97. The Hall–Kier alpha value is -4.01. The predicted octanol–water partition coefficient (Wildman–Crippen LogP) is 3.45. The van der Waals surface area contributed by atoms with Gasteiger partial charge in [0, 0.05) is 34.9 Å². The highest BCUT2D eigenvalue weighted by Crippen LogP contribution is 2.33. The number of hydrogen-bond donors (Lipinski definition) is 2.